The minimum absolute atomic E-state index is 0.0926. The van der Waals surface area contributed by atoms with Crippen LogP contribution in [-0.2, 0) is 10.9 Å². The van der Waals surface area contributed by atoms with Gasteiger partial charge in [-0.3, -0.25) is 14.7 Å². The highest BCUT2D eigenvalue weighted by Crippen LogP contribution is 2.35. The van der Waals surface area contributed by atoms with E-state index in [0.29, 0.717) is 38.6 Å². The van der Waals surface area contributed by atoms with E-state index in [1.165, 1.54) is 12.1 Å². The Balaban J connectivity index is 1.62. The van der Waals surface area contributed by atoms with Crippen molar-refractivity contribution < 1.29 is 32.5 Å². The first kappa shape index (κ1) is 26.8. The number of rotatable bonds is 7. The van der Waals surface area contributed by atoms with E-state index in [2.05, 4.69) is 15.3 Å². The van der Waals surface area contributed by atoms with Gasteiger partial charge in [-0.15, -0.1) is 0 Å². The molecular formula is C26H29F3N4O4. The summed E-state index contributed by atoms with van der Waals surface area (Å²) in [7, 11) is 0. The van der Waals surface area contributed by atoms with Gasteiger partial charge in [0.1, 0.15) is 12.3 Å². The van der Waals surface area contributed by atoms with Crippen molar-refractivity contribution in [2.24, 2.45) is 4.99 Å². The average molecular weight is 519 g/mol. The Morgan fingerprint density at radius 1 is 1.27 bits per heavy atom. The van der Waals surface area contributed by atoms with E-state index in [4.69, 9.17) is 9.47 Å². The Labute approximate surface area is 212 Å². The number of halogens is 3. The fourth-order valence-electron chi connectivity index (χ4n) is 4.30. The standard InChI is InChI=1S/C26H29F3N4O4/c1-17(34)15-37-23-7-6-20(14-30-23)22-13-25(16-31-18(22)2,33-8-10-36-11-9-33)32-24(35)19-4-3-5-21(12-19)26(27,28)29/h3-7,12,14,16-17,34H,8-11,13,15H2,1-2H3,(H,32,35)/t17?,25-/m0/s1. The van der Waals surface area contributed by atoms with Crippen molar-refractivity contribution in [3.8, 4) is 5.88 Å². The van der Waals surface area contributed by atoms with Crippen molar-refractivity contribution in [3.05, 3.63) is 65.0 Å². The Morgan fingerprint density at radius 2 is 2.03 bits per heavy atom. The number of amides is 1. The molecule has 2 N–H and O–H groups in total. The van der Waals surface area contributed by atoms with Crippen molar-refractivity contribution in [2.45, 2.75) is 38.2 Å². The zero-order chi connectivity index (χ0) is 26.6. The lowest BCUT2D eigenvalue weighted by molar-refractivity contribution is -0.137. The summed E-state index contributed by atoms with van der Waals surface area (Å²) in [6.45, 7) is 5.48. The number of benzene rings is 1. The second kappa shape index (κ2) is 11.0. The molecule has 1 amide bonds. The molecule has 8 nitrogen and oxygen atoms in total. The lowest BCUT2D eigenvalue weighted by Gasteiger charge is -2.45. The first-order valence-electron chi connectivity index (χ1n) is 11.9. The maximum absolute atomic E-state index is 13.3. The van der Waals surface area contributed by atoms with Gasteiger partial charge in [-0.05, 0) is 49.2 Å². The van der Waals surface area contributed by atoms with Crippen molar-refractivity contribution >= 4 is 17.7 Å². The molecule has 1 unspecified atom stereocenters. The molecule has 3 heterocycles. The number of nitrogens with one attached hydrogen (secondary N) is 1. The number of allylic oxidation sites excluding steroid dienone is 1. The van der Waals surface area contributed by atoms with Crippen molar-refractivity contribution in [1.29, 1.82) is 0 Å². The maximum atomic E-state index is 13.3. The average Bonchev–Trinajstić information content (AvgIpc) is 2.89. The van der Waals surface area contributed by atoms with Crippen LogP contribution in [-0.4, -0.2) is 71.8 Å². The number of aliphatic hydroxyl groups is 1. The summed E-state index contributed by atoms with van der Waals surface area (Å²) in [6.07, 6.45) is -1.59. The van der Waals surface area contributed by atoms with Crippen molar-refractivity contribution in [2.75, 3.05) is 32.9 Å². The van der Waals surface area contributed by atoms with Crippen LogP contribution in [0, 0.1) is 0 Å². The van der Waals surface area contributed by atoms with Crippen LogP contribution in [0.15, 0.2) is 53.3 Å². The molecule has 0 spiro atoms. The van der Waals surface area contributed by atoms with E-state index in [9.17, 15) is 23.1 Å². The highest BCUT2D eigenvalue weighted by molar-refractivity contribution is 5.98. The first-order valence-corrected chi connectivity index (χ1v) is 11.9. The normalized spacial score (nSPS) is 21.6. The van der Waals surface area contributed by atoms with Crippen LogP contribution in [0.1, 0.15) is 41.8 Å². The number of pyridine rings is 1. The third-order valence-corrected chi connectivity index (χ3v) is 6.27. The molecule has 2 atom stereocenters. The predicted octanol–water partition coefficient (Wildman–Crippen LogP) is 3.52. The lowest BCUT2D eigenvalue weighted by Crippen LogP contribution is -2.65. The van der Waals surface area contributed by atoms with Crippen LogP contribution in [0.25, 0.3) is 5.57 Å². The van der Waals surface area contributed by atoms with Crippen LogP contribution in [0.5, 0.6) is 5.88 Å². The Hall–Kier alpha value is -3.28. The summed E-state index contributed by atoms with van der Waals surface area (Å²) in [5, 5.41) is 12.4. The van der Waals surface area contributed by atoms with Gasteiger partial charge >= 0.3 is 6.18 Å². The number of aromatic nitrogens is 1. The molecule has 198 valence electrons. The van der Waals surface area contributed by atoms with Gasteiger partial charge in [0.05, 0.1) is 24.9 Å². The summed E-state index contributed by atoms with van der Waals surface area (Å²) < 4.78 is 50.7. The van der Waals surface area contributed by atoms with E-state index in [1.807, 2.05) is 17.9 Å². The highest BCUT2D eigenvalue weighted by Gasteiger charge is 2.41. The number of nitrogens with zero attached hydrogens (tertiary/aromatic N) is 3. The minimum Gasteiger partial charge on any atom is -0.475 e. The quantitative estimate of drug-likeness (QED) is 0.583. The lowest BCUT2D eigenvalue weighted by atomic mass is 9.90. The molecular weight excluding hydrogens is 489 g/mol. The van der Waals surface area contributed by atoms with Crippen LogP contribution in [0.4, 0.5) is 13.2 Å². The Kier molecular flexibility index (Phi) is 7.96. The third-order valence-electron chi connectivity index (χ3n) is 6.27. The van der Waals surface area contributed by atoms with Crippen LogP contribution >= 0.6 is 0 Å². The van der Waals surface area contributed by atoms with Crippen LogP contribution in [0.2, 0.25) is 0 Å². The topological polar surface area (TPSA) is 96.3 Å². The monoisotopic (exact) mass is 518 g/mol. The number of hydrogen-bond donors (Lipinski definition) is 2. The van der Waals surface area contributed by atoms with Gasteiger partial charge in [-0.25, -0.2) is 4.98 Å². The van der Waals surface area contributed by atoms with Gasteiger partial charge in [-0.2, -0.15) is 13.2 Å². The molecule has 11 heteroatoms. The van der Waals surface area contributed by atoms with Gasteiger partial charge in [-0.1, -0.05) is 6.07 Å². The fourth-order valence-corrected chi connectivity index (χ4v) is 4.30. The number of alkyl halides is 3. The van der Waals surface area contributed by atoms with Gasteiger partial charge in [0, 0.05) is 49.2 Å². The van der Waals surface area contributed by atoms with Crippen LogP contribution in [0.3, 0.4) is 0 Å². The van der Waals surface area contributed by atoms with Gasteiger partial charge < -0.3 is 19.9 Å². The third kappa shape index (κ3) is 6.35. The largest absolute Gasteiger partial charge is 0.475 e. The molecule has 0 bridgehead atoms. The number of ether oxygens (including phenoxy) is 2. The Morgan fingerprint density at radius 3 is 2.68 bits per heavy atom. The molecule has 2 aromatic rings. The molecule has 37 heavy (non-hydrogen) atoms. The van der Waals surface area contributed by atoms with Crippen molar-refractivity contribution in [3.63, 3.8) is 0 Å². The maximum Gasteiger partial charge on any atom is 0.416 e. The number of aliphatic imine (C=N–C) groups is 1. The summed E-state index contributed by atoms with van der Waals surface area (Å²) >= 11 is 0. The molecule has 2 aliphatic rings. The fraction of sp³-hybridized carbons (Fsp3) is 0.423. The minimum atomic E-state index is -4.56. The molecule has 0 saturated carbocycles. The van der Waals surface area contributed by atoms with Gasteiger partial charge in [0.2, 0.25) is 5.88 Å². The number of carbonyl (C=O) groups is 1. The van der Waals surface area contributed by atoms with E-state index >= 15 is 0 Å². The zero-order valence-electron chi connectivity index (χ0n) is 20.6. The summed E-state index contributed by atoms with van der Waals surface area (Å²) in [5.74, 6) is -0.276. The molecule has 1 aromatic carbocycles. The van der Waals surface area contributed by atoms with Crippen LogP contribution < -0.4 is 10.1 Å². The smallest absolute Gasteiger partial charge is 0.416 e. The second-order valence-electron chi connectivity index (χ2n) is 9.10. The molecule has 2 aliphatic heterocycles. The van der Waals surface area contributed by atoms with E-state index in [0.717, 1.165) is 29.0 Å². The first-order chi connectivity index (χ1) is 17.6. The van der Waals surface area contributed by atoms with Gasteiger partial charge in [0.15, 0.2) is 0 Å². The summed E-state index contributed by atoms with van der Waals surface area (Å²) in [4.78, 5) is 24.2. The number of carbonyl (C=O) groups excluding carboxylic acids is 1. The van der Waals surface area contributed by atoms with Crippen molar-refractivity contribution in [1.82, 2.24) is 15.2 Å². The van der Waals surface area contributed by atoms with Gasteiger partial charge in [0.25, 0.3) is 5.91 Å². The molecule has 0 radical (unpaired) electrons. The van der Waals surface area contributed by atoms with E-state index in [1.54, 1.807) is 25.4 Å². The van der Waals surface area contributed by atoms with E-state index < -0.39 is 29.4 Å². The predicted molar refractivity (Wildman–Crippen MR) is 131 cm³/mol. The number of hydrogen-bond acceptors (Lipinski definition) is 7. The molecule has 1 saturated heterocycles. The summed E-state index contributed by atoms with van der Waals surface area (Å²) in [6, 6.07) is 7.87. The zero-order valence-corrected chi connectivity index (χ0v) is 20.6. The highest BCUT2D eigenvalue weighted by atomic mass is 19.4. The molecule has 1 fully saturated rings. The summed E-state index contributed by atoms with van der Waals surface area (Å²) in [5.41, 5.74) is 0.267. The van der Waals surface area contributed by atoms with E-state index in [-0.39, 0.29) is 12.2 Å². The SMILES string of the molecule is CC1=C(c2ccc(OCC(C)O)nc2)C[C@](NC(=O)c2cccc(C(F)(F)F)c2)(N2CCOCC2)C=N1. The number of aliphatic hydroxyl groups excluding tert-OH is 1. The number of morpholine rings is 1. The Bertz CT molecular complexity index is 1180. The molecule has 0 aliphatic carbocycles. The molecule has 1 aromatic heterocycles. The second-order valence-corrected chi connectivity index (χ2v) is 9.10. The molecule has 4 rings (SSSR count).